The van der Waals surface area contributed by atoms with E-state index in [0.717, 1.165) is 45.8 Å². The first kappa shape index (κ1) is 27.0. The van der Waals surface area contributed by atoms with E-state index < -0.39 is 10.0 Å². The lowest BCUT2D eigenvalue weighted by Crippen LogP contribution is -2.29. The van der Waals surface area contributed by atoms with E-state index in [1.54, 1.807) is 12.3 Å². The lowest BCUT2D eigenvalue weighted by Gasteiger charge is -2.29. The smallest absolute Gasteiger partial charge is 0.229 e. The standard InChI is InChI=1S/C32H31N5O2S2/c1-20-18-24(15-16-27(20)35-41(4,38)39)37-31(30(34-32(37)40)28-13-7-8-17-33-28)26-19-21(2)36(22(26)3)29-14-9-11-23-10-5-6-12-25(23)29/h5-19,30-31,35H,1-4H3,(H,34,40)/t30-,31+/m0/s1. The van der Waals surface area contributed by atoms with Crippen molar-refractivity contribution in [2.45, 2.75) is 32.9 Å². The molecule has 1 aliphatic rings. The quantitative estimate of drug-likeness (QED) is 0.223. The molecule has 2 atom stereocenters. The van der Waals surface area contributed by atoms with Gasteiger partial charge in [0.05, 0.1) is 35.4 Å². The van der Waals surface area contributed by atoms with Gasteiger partial charge in [-0.3, -0.25) is 9.71 Å². The number of hydrogen-bond acceptors (Lipinski definition) is 4. The fraction of sp³-hybridized carbons (Fsp3) is 0.188. The van der Waals surface area contributed by atoms with Crippen molar-refractivity contribution in [3.63, 3.8) is 0 Å². The number of hydrogen-bond donors (Lipinski definition) is 2. The van der Waals surface area contributed by atoms with Gasteiger partial charge in [-0.1, -0.05) is 42.5 Å². The Morgan fingerprint density at radius 1 is 0.927 bits per heavy atom. The minimum atomic E-state index is -3.40. The topological polar surface area (TPSA) is 79.3 Å². The van der Waals surface area contributed by atoms with Crippen molar-refractivity contribution in [3.8, 4) is 5.69 Å². The van der Waals surface area contributed by atoms with Crippen LogP contribution in [-0.4, -0.2) is 29.3 Å². The maximum Gasteiger partial charge on any atom is 0.229 e. The third kappa shape index (κ3) is 4.96. The van der Waals surface area contributed by atoms with Crippen LogP contribution in [0.2, 0.25) is 0 Å². The lowest BCUT2D eigenvalue weighted by molar-refractivity contribution is 0.565. The number of nitrogens with one attached hydrogen (secondary N) is 2. The van der Waals surface area contributed by atoms with Crippen LogP contribution in [0.3, 0.4) is 0 Å². The number of thiocarbonyl (C=S) groups is 1. The van der Waals surface area contributed by atoms with Crippen LogP contribution in [-0.2, 0) is 10.0 Å². The van der Waals surface area contributed by atoms with Gasteiger partial charge >= 0.3 is 0 Å². The molecule has 0 bridgehead atoms. The average molecular weight is 582 g/mol. The highest BCUT2D eigenvalue weighted by atomic mass is 32.2. The Morgan fingerprint density at radius 2 is 1.68 bits per heavy atom. The van der Waals surface area contributed by atoms with E-state index in [0.29, 0.717) is 10.8 Å². The summed E-state index contributed by atoms with van der Waals surface area (Å²) in [6.07, 6.45) is 2.95. The van der Waals surface area contributed by atoms with Crippen LogP contribution in [0.1, 0.15) is 40.3 Å². The lowest BCUT2D eigenvalue weighted by atomic mass is 9.96. The zero-order valence-corrected chi connectivity index (χ0v) is 24.9. The average Bonchev–Trinajstić information content (AvgIpc) is 3.44. The summed E-state index contributed by atoms with van der Waals surface area (Å²) in [4.78, 5) is 6.82. The van der Waals surface area contributed by atoms with E-state index in [2.05, 4.69) is 81.9 Å². The monoisotopic (exact) mass is 581 g/mol. The molecule has 2 N–H and O–H groups in total. The second-order valence-electron chi connectivity index (χ2n) is 10.5. The van der Waals surface area contributed by atoms with Crippen LogP contribution >= 0.6 is 12.2 Å². The molecule has 9 heteroatoms. The van der Waals surface area contributed by atoms with Crippen molar-refractivity contribution in [2.24, 2.45) is 0 Å². The maximum absolute atomic E-state index is 11.9. The van der Waals surface area contributed by atoms with Gasteiger partial charge in [-0.15, -0.1) is 0 Å². The van der Waals surface area contributed by atoms with Crippen LogP contribution in [0, 0.1) is 20.8 Å². The summed E-state index contributed by atoms with van der Waals surface area (Å²) in [5.41, 5.74) is 7.61. The molecule has 0 saturated carbocycles. The molecule has 5 aromatic rings. The summed E-state index contributed by atoms with van der Waals surface area (Å²) in [5, 5.41) is 6.50. The first-order chi connectivity index (χ1) is 19.6. The van der Waals surface area contributed by atoms with Crippen LogP contribution in [0.4, 0.5) is 11.4 Å². The molecule has 0 unspecified atom stereocenters. The molecular formula is C32H31N5O2S2. The number of aryl methyl sites for hydroxylation is 2. The van der Waals surface area contributed by atoms with Gasteiger partial charge in [0.1, 0.15) is 0 Å². The molecule has 0 spiro atoms. The third-order valence-electron chi connectivity index (χ3n) is 7.68. The highest BCUT2D eigenvalue weighted by molar-refractivity contribution is 7.92. The Hall–Kier alpha value is -4.21. The number of fused-ring (bicyclic) bond motifs is 1. The number of benzene rings is 3. The normalized spacial score (nSPS) is 17.2. The van der Waals surface area contributed by atoms with E-state index in [-0.39, 0.29) is 12.1 Å². The fourth-order valence-corrected chi connectivity index (χ4v) is 6.90. The zero-order chi connectivity index (χ0) is 28.9. The van der Waals surface area contributed by atoms with Gasteiger partial charge in [-0.2, -0.15) is 0 Å². The Kier molecular flexibility index (Phi) is 6.79. The van der Waals surface area contributed by atoms with Gasteiger partial charge in [-0.25, -0.2) is 8.42 Å². The largest absolute Gasteiger partial charge is 0.351 e. The van der Waals surface area contributed by atoms with Crippen molar-refractivity contribution in [3.05, 3.63) is 119 Å². The second kappa shape index (κ2) is 10.3. The molecule has 1 aliphatic heterocycles. The van der Waals surface area contributed by atoms with Crippen LogP contribution < -0.4 is 14.9 Å². The van der Waals surface area contributed by atoms with Crippen molar-refractivity contribution >= 4 is 49.5 Å². The molecule has 3 aromatic carbocycles. The molecule has 208 valence electrons. The summed E-state index contributed by atoms with van der Waals surface area (Å²) in [5.74, 6) is 0. The zero-order valence-electron chi connectivity index (χ0n) is 23.3. The Bertz CT molecular complexity index is 1900. The van der Waals surface area contributed by atoms with Gasteiger partial charge in [-0.05, 0) is 92.0 Å². The minimum absolute atomic E-state index is 0.194. The molecule has 2 aromatic heterocycles. The molecule has 1 saturated heterocycles. The highest BCUT2D eigenvalue weighted by Gasteiger charge is 2.42. The summed E-state index contributed by atoms with van der Waals surface area (Å²) in [7, 11) is -3.40. The molecule has 7 nitrogen and oxygen atoms in total. The predicted octanol–water partition coefficient (Wildman–Crippen LogP) is 6.50. The molecule has 1 fully saturated rings. The van der Waals surface area contributed by atoms with E-state index >= 15 is 0 Å². The Balaban J connectivity index is 1.51. The van der Waals surface area contributed by atoms with Crippen molar-refractivity contribution in [1.82, 2.24) is 14.9 Å². The molecule has 0 radical (unpaired) electrons. The van der Waals surface area contributed by atoms with Crippen LogP contribution in [0.15, 0.2) is 91.1 Å². The minimum Gasteiger partial charge on any atom is -0.351 e. The van der Waals surface area contributed by atoms with Crippen LogP contribution in [0.5, 0.6) is 0 Å². The maximum atomic E-state index is 11.9. The second-order valence-corrected chi connectivity index (χ2v) is 12.7. The first-order valence-electron chi connectivity index (χ1n) is 13.4. The number of pyridine rings is 1. The number of nitrogens with zero attached hydrogens (tertiary/aromatic N) is 3. The number of aromatic nitrogens is 2. The molecular weight excluding hydrogens is 551 g/mol. The number of sulfonamides is 1. The van der Waals surface area contributed by atoms with Crippen molar-refractivity contribution in [2.75, 3.05) is 15.9 Å². The fourth-order valence-electron chi connectivity index (χ4n) is 5.92. The highest BCUT2D eigenvalue weighted by Crippen LogP contribution is 2.44. The molecule has 6 rings (SSSR count). The van der Waals surface area contributed by atoms with Gasteiger partial charge in [0, 0.05) is 28.7 Å². The van der Waals surface area contributed by atoms with Crippen LogP contribution in [0.25, 0.3) is 16.5 Å². The number of anilines is 2. The van der Waals surface area contributed by atoms with E-state index in [9.17, 15) is 8.42 Å². The van der Waals surface area contributed by atoms with E-state index in [4.69, 9.17) is 17.2 Å². The SMILES string of the molecule is Cc1cc(N2C(=S)N[C@@H](c3ccccn3)[C@H]2c2cc(C)n(-c3cccc4ccccc34)c2C)ccc1NS(C)(=O)=O. The molecule has 0 aliphatic carbocycles. The summed E-state index contributed by atoms with van der Waals surface area (Å²) >= 11 is 5.95. The molecule has 41 heavy (non-hydrogen) atoms. The molecule has 0 amide bonds. The third-order valence-corrected chi connectivity index (χ3v) is 8.58. The summed E-state index contributed by atoms with van der Waals surface area (Å²) in [6.45, 7) is 6.18. The summed E-state index contributed by atoms with van der Waals surface area (Å²) < 4.78 is 28.7. The van der Waals surface area contributed by atoms with Gasteiger partial charge < -0.3 is 14.8 Å². The summed E-state index contributed by atoms with van der Waals surface area (Å²) in [6, 6.07) is 28.3. The van der Waals surface area contributed by atoms with Crippen molar-refractivity contribution < 1.29 is 8.42 Å². The van der Waals surface area contributed by atoms with Crippen molar-refractivity contribution in [1.29, 1.82) is 0 Å². The van der Waals surface area contributed by atoms with Gasteiger partial charge in [0.2, 0.25) is 10.0 Å². The van der Waals surface area contributed by atoms with E-state index in [1.165, 1.54) is 10.8 Å². The van der Waals surface area contributed by atoms with Gasteiger partial charge in [0.15, 0.2) is 5.11 Å². The first-order valence-corrected chi connectivity index (χ1v) is 15.7. The predicted molar refractivity (Wildman–Crippen MR) is 170 cm³/mol. The number of rotatable bonds is 6. The van der Waals surface area contributed by atoms with E-state index in [1.807, 2.05) is 37.3 Å². The van der Waals surface area contributed by atoms with Gasteiger partial charge in [0.25, 0.3) is 0 Å². The Labute approximate surface area is 245 Å². The molecule has 3 heterocycles. The Morgan fingerprint density at radius 3 is 2.41 bits per heavy atom.